The van der Waals surface area contributed by atoms with E-state index >= 15 is 0 Å². The van der Waals surface area contributed by atoms with Gasteiger partial charge in [-0.2, -0.15) is 0 Å². The van der Waals surface area contributed by atoms with Gasteiger partial charge in [0.25, 0.3) is 11.7 Å². The summed E-state index contributed by atoms with van der Waals surface area (Å²) in [6.07, 6.45) is 0.620. The number of nitrogens with zero attached hydrogens (tertiary/aromatic N) is 1. The number of carbonyl (C=O) groups excluding carboxylic acids is 2. The Hall–Kier alpha value is -3.66. The zero-order chi connectivity index (χ0) is 24.5. The molecule has 0 aliphatic carbocycles. The molecule has 0 spiro atoms. The molecule has 0 aromatic heterocycles. The number of amides is 1. The molecule has 4 heteroatoms. The number of rotatable bonds is 5. The predicted molar refractivity (Wildman–Crippen MR) is 135 cm³/mol. The van der Waals surface area contributed by atoms with Gasteiger partial charge in [0.15, 0.2) is 0 Å². The second kappa shape index (κ2) is 9.30. The van der Waals surface area contributed by atoms with Crippen LogP contribution in [0.1, 0.15) is 54.6 Å². The summed E-state index contributed by atoms with van der Waals surface area (Å²) in [6.45, 7) is 8.77. The van der Waals surface area contributed by atoms with Gasteiger partial charge in [-0.15, -0.1) is 0 Å². The number of carbonyl (C=O) groups is 2. The van der Waals surface area contributed by atoms with Crippen LogP contribution in [0.5, 0.6) is 0 Å². The van der Waals surface area contributed by atoms with E-state index in [0.29, 0.717) is 18.5 Å². The van der Waals surface area contributed by atoms with Gasteiger partial charge in [-0.25, -0.2) is 0 Å². The third kappa shape index (κ3) is 4.67. The van der Waals surface area contributed by atoms with Crippen molar-refractivity contribution in [2.24, 2.45) is 0 Å². The van der Waals surface area contributed by atoms with Crippen molar-refractivity contribution in [3.05, 3.63) is 112 Å². The fourth-order valence-corrected chi connectivity index (χ4v) is 4.38. The maximum Gasteiger partial charge on any atom is 0.295 e. The zero-order valence-electron chi connectivity index (χ0n) is 20.2. The number of aliphatic hydroxyl groups is 1. The zero-order valence-corrected chi connectivity index (χ0v) is 20.2. The molecule has 1 heterocycles. The molecular formula is C30H31NO3. The van der Waals surface area contributed by atoms with Gasteiger partial charge in [0.05, 0.1) is 11.6 Å². The highest BCUT2D eigenvalue weighted by atomic mass is 16.3. The van der Waals surface area contributed by atoms with Crippen molar-refractivity contribution in [2.45, 2.75) is 45.6 Å². The Kier molecular flexibility index (Phi) is 6.43. The summed E-state index contributed by atoms with van der Waals surface area (Å²) in [5.74, 6) is -1.35. The molecule has 174 valence electrons. The minimum absolute atomic E-state index is 0.0183. The van der Waals surface area contributed by atoms with Crippen LogP contribution in [0.25, 0.3) is 5.76 Å². The number of likely N-dealkylation sites (tertiary alicyclic amines) is 1. The van der Waals surface area contributed by atoms with Crippen LogP contribution in [0.3, 0.4) is 0 Å². The fraction of sp³-hybridized carbons (Fsp3) is 0.267. The Morgan fingerprint density at radius 3 is 2.09 bits per heavy atom. The third-order valence-corrected chi connectivity index (χ3v) is 6.44. The molecule has 1 fully saturated rings. The fourth-order valence-electron chi connectivity index (χ4n) is 4.38. The molecule has 1 atom stereocenters. The van der Waals surface area contributed by atoms with Crippen molar-refractivity contribution in [3.8, 4) is 0 Å². The second-order valence-electron chi connectivity index (χ2n) is 9.97. The first-order chi connectivity index (χ1) is 16.2. The smallest absolute Gasteiger partial charge is 0.295 e. The highest BCUT2D eigenvalue weighted by Crippen LogP contribution is 2.40. The van der Waals surface area contributed by atoms with Crippen molar-refractivity contribution in [2.75, 3.05) is 6.54 Å². The number of hydrogen-bond donors (Lipinski definition) is 1. The lowest BCUT2D eigenvalue weighted by Crippen LogP contribution is -2.31. The van der Waals surface area contributed by atoms with Crippen LogP contribution in [-0.4, -0.2) is 28.2 Å². The molecule has 0 saturated carbocycles. The van der Waals surface area contributed by atoms with E-state index in [1.807, 2.05) is 73.7 Å². The van der Waals surface area contributed by atoms with E-state index in [1.54, 1.807) is 17.0 Å². The number of aliphatic hydroxyl groups excluding tert-OH is 1. The Morgan fingerprint density at radius 2 is 1.50 bits per heavy atom. The number of benzene rings is 3. The first kappa shape index (κ1) is 23.5. The van der Waals surface area contributed by atoms with Gasteiger partial charge in [-0.05, 0) is 35.4 Å². The van der Waals surface area contributed by atoms with Crippen molar-refractivity contribution in [1.29, 1.82) is 0 Å². The molecule has 3 aromatic rings. The maximum atomic E-state index is 13.2. The van der Waals surface area contributed by atoms with E-state index in [-0.39, 0.29) is 16.7 Å². The van der Waals surface area contributed by atoms with Crippen molar-refractivity contribution in [1.82, 2.24) is 4.90 Å². The summed E-state index contributed by atoms with van der Waals surface area (Å²) in [5, 5.41) is 11.2. The first-order valence-corrected chi connectivity index (χ1v) is 11.7. The summed E-state index contributed by atoms with van der Waals surface area (Å²) in [5.41, 5.74) is 4.77. The average Bonchev–Trinajstić information content (AvgIpc) is 3.08. The van der Waals surface area contributed by atoms with Crippen LogP contribution in [-0.2, 0) is 21.4 Å². The van der Waals surface area contributed by atoms with Crippen LogP contribution >= 0.6 is 0 Å². The van der Waals surface area contributed by atoms with Crippen LogP contribution in [0, 0.1) is 6.92 Å². The van der Waals surface area contributed by atoms with Crippen LogP contribution in [0.4, 0.5) is 0 Å². The van der Waals surface area contributed by atoms with E-state index in [2.05, 4.69) is 20.8 Å². The Morgan fingerprint density at radius 1 is 0.882 bits per heavy atom. The van der Waals surface area contributed by atoms with E-state index in [9.17, 15) is 14.7 Å². The Bertz CT molecular complexity index is 1220. The van der Waals surface area contributed by atoms with Gasteiger partial charge in [-0.3, -0.25) is 9.59 Å². The number of ketones is 1. The standard InChI is InChI=1S/C30H31NO3/c1-20-10-12-23(13-11-20)27(32)25-26(22-14-16-24(17-15-22)30(2,3)4)31(29(34)28(25)33)19-18-21-8-6-5-7-9-21/h5-17,26,32H,18-19H2,1-4H3. The van der Waals surface area contributed by atoms with Crippen molar-refractivity contribution < 1.29 is 14.7 Å². The Labute approximate surface area is 201 Å². The van der Waals surface area contributed by atoms with Crippen LogP contribution < -0.4 is 0 Å². The van der Waals surface area contributed by atoms with Crippen molar-refractivity contribution >= 4 is 17.4 Å². The molecule has 1 saturated heterocycles. The highest BCUT2D eigenvalue weighted by Gasteiger charge is 2.45. The third-order valence-electron chi connectivity index (χ3n) is 6.44. The van der Waals surface area contributed by atoms with E-state index in [0.717, 1.165) is 22.3 Å². The molecule has 1 unspecified atom stereocenters. The molecule has 1 N–H and O–H groups in total. The minimum Gasteiger partial charge on any atom is -0.507 e. The van der Waals surface area contributed by atoms with Gasteiger partial charge in [0.1, 0.15) is 5.76 Å². The first-order valence-electron chi connectivity index (χ1n) is 11.7. The number of Topliss-reactive ketones (excluding diaryl/α,β-unsaturated/α-hetero) is 1. The molecule has 0 bridgehead atoms. The summed E-state index contributed by atoms with van der Waals surface area (Å²) in [7, 11) is 0. The predicted octanol–water partition coefficient (Wildman–Crippen LogP) is 5.96. The minimum atomic E-state index is -0.643. The van der Waals surface area contributed by atoms with Gasteiger partial charge in [0, 0.05) is 12.1 Å². The maximum absolute atomic E-state index is 13.2. The molecule has 3 aromatic carbocycles. The summed E-state index contributed by atoms with van der Waals surface area (Å²) in [6, 6.07) is 24.6. The molecule has 1 amide bonds. The molecule has 1 aliphatic heterocycles. The second-order valence-corrected chi connectivity index (χ2v) is 9.97. The van der Waals surface area contributed by atoms with Gasteiger partial charge >= 0.3 is 0 Å². The van der Waals surface area contributed by atoms with E-state index < -0.39 is 17.7 Å². The van der Waals surface area contributed by atoms with Crippen molar-refractivity contribution in [3.63, 3.8) is 0 Å². The van der Waals surface area contributed by atoms with E-state index in [4.69, 9.17) is 0 Å². The number of hydrogen-bond acceptors (Lipinski definition) is 3. The lowest BCUT2D eigenvalue weighted by atomic mass is 9.85. The topological polar surface area (TPSA) is 57.6 Å². The molecular weight excluding hydrogens is 422 g/mol. The highest BCUT2D eigenvalue weighted by molar-refractivity contribution is 6.46. The largest absolute Gasteiger partial charge is 0.507 e. The average molecular weight is 454 g/mol. The summed E-state index contributed by atoms with van der Waals surface area (Å²) >= 11 is 0. The van der Waals surface area contributed by atoms with Gasteiger partial charge in [0.2, 0.25) is 0 Å². The summed E-state index contributed by atoms with van der Waals surface area (Å²) < 4.78 is 0. The molecule has 4 nitrogen and oxygen atoms in total. The van der Waals surface area contributed by atoms with Crippen LogP contribution in [0.2, 0.25) is 0 Å². The monoisotopic (exact) mass is 453 g/mol. The lowest BCUT2D eigenvalue weighted by molar-refractivity contribution is -0.139. The SMILES string of the molecule is Cc1ccc(C(O)=C2C(=O)C(=O)N(CCc3ccccc3)C2c2ccc(C(C)(C)C)cc2)cc1. The molecule has 34 heavy (non-hydrogen) atoms. The molecule has 0 radical (unpaired) electrons. The van der Waals surface area contributed by atoms with Gasteiger partial charge in [-0.1, -0.05) is 105 Å². The Balaban J connectivity index is 1.79. The summed E-state index contributed by atoms with van der Waals surface area (Å²) in [4.78, 5) is 28.0. The number of aryl methyl sites for hydroxylation is 1. The quantitative estimate of drug-likeness (QED) is 0.295. The molecule has 4 rings (SSSR count). The van der Waals surface area contributed by atoms with Gasteiger partial charge < -0.3 is 10.0 Å². The van der Waals surface area contributed by atoms with E-state index in [1.165, 1.54) is 0 Å². The van der Waals surface area contributed by atoms with Crippen LogP contribution in [0.15, 0.2) is 84.4 Å². The normalized spacial score (nSPS) is 17.9. The molecule has 1 aliphatic rings. The lowest BCUT2D eigenvalue weighted by Gasteiger charge is -2.26.